The first-order chi connectivity index (χ1) is 26.5. The van der Waals surface area contributed by atoms with Gasteiger partial charge >= 0.3 is 0 Å². The van der Waals surface area contributed by atoms with E-state index in [1.165, 1.54) is 44.3 Å². The largest absolute Gasteiger partial charge is 0.384 e. The molecule has 2 aromatic rings. The number of nitrogens with two attached hydrogens (primary N) is 1. The van der Waals surface area contributed by atoms with Gasteiger partial charge in [-0.1, -0.05) is 37.3 Å². The molecule has 0 spiro atoms. The Morgan fingerprint density at radius 3 is 2.29 bits per heavy atom. The second kappa shape index (κ2) is 17.0. The van der Waals surface area contributed by atoms with Crippen molar-refractivity contribution >= 4 is 73.8 Å². The van der Waals surface area contributed by atoms with Gasteiger partial charge in [0.15, 0.2) is 3.55 Å². The molecule has 0 radical (unpaired) electrons. The van der Waals surface area contributed by atoms with E-state index >= 15 is 4.79 Å². The first-order valence-electron chi connectivity index (χ1n) is 19.3. The quantitative estimate of drug-likeness (QED) is 0.0988. The molecule has 5 N–H and O–H groups in total. The van der Waals surface area contributed by atoms with E-state index in [0.717, 1.165) is 44.9 Å². The number of Topliss-reactive ketones (excluding diaryl/α,β-unsaturated/α-hetero) is 1. The van der Waals surface area contributed by atoms with Crippen LogP contribution in [0.25, 0.3) is 0 Å². The average molecular weight is 927 g/mol. The number of ketones is 1. The molecule has 0 bridgehead atoms. The number of aromatic nitrogens is 3. The minimum absolute atomic E-state index is 0.00418. The van der Waals surface area contributed by atoms with Gasteiger partial charge in [0.2, 0.25) is 21.7 Å². The number of nitrogens with one attached hydrogen (secondary N) is 2. The van der Waals surface area contributed by atoms with Crippen molar-refractivity contribution in [2.45, 2.75) is 116 Å². The molecule has 3 aliphatic heterocycles. The highest BCUT2D eigenvalue weighted by atomic mass is 127. The fourth-order valence-corrected chi connectivity index (χ4v) is 12.2. The number of thioether (sulfide) groups is 1. The van der Waals surface area contributed by atoms with Crippen LogP contribution in [-0.2, 0) is 34.8 Å². The molecule has 4 aliphatic rings. The van der Waals surface area contributed by atoms with Gasteiger partial charge in [-0.25, -0.2) is 13.1 Å². The molecule has 4 heterocycles. The topological polar surface area (TPSA) is 227 Å². The summed E-state index contributed by atoms with van der Waals surface area (Å²) >= 11 is 3.51. The second-order valence-corrected chi connectivity index (χ2v) is 20.9. The second-order valence-electron chi connectivity index (χ2n) is 15.9. The molecular formula is C37H51IN8O8S2. The summed E-state index contributed by atoms with van der Waals surface area (Å²) in [6.07, 6.45) is 8.45. The van der Waals surface area contributed by atoms with Gasteiger partial charge in [-0.3, -0.25) is 24.0 Å². The molecular weight excluding hydrogens is 875 g/mol. The first kappa shape index (κ1) is 42.5. The van der Waals surface area contributed by atoms with Crippen molar-refractivity contribution in [3.63, 3.8) is 0 Å². The lowest BCUT2D eigenvalue weighted by Crippen LogP contribution is -2.66. The van der Waals surface area contributed by atoms with E-state index in [1.54, 1.807) is 25.6 Å². The molecule has 19 heteroatoms. The van der Waals surface area contributed by atoms with Crippen LogP contribution in [0.1, 0.15) is 107 Å². The van der Waals surface area contributed by atoms with Crippen LogP contribution < -0.4 is 16.4 Å². The third-order valence-electron chi connectivity index (χ3n) is 11.6. The van der Waals surface area contributed by atoms with Gasteiger partial charge in [0.1, 0.15) is 17.2 Å². The zero-order chi connectivity index (χ0) is 40.5. The predicted octanol–water partition coefficient (Wildman–Crippen LogP) is 2.40. The Balaban J connectivity index is 1.33. The van der Waals surface area contributed by atoms with Crippen LogP contribution >= 0.6 is 34.4 Å². The highest BCUT2D eigenvalue weighted by Gasteiger charge is 2.57. The first-order valence-corrected chi connectivity index (χ1v) is 22.9. The molecule has 1 aliphatic carbocycles. The highest BCUT2D eigenvalue weighted by molar-refractivity contribution is 14.1. The van der Waals surface area contributed by atoms with E-state index < -0.39 is 66.2 Å². The van der Waals surface area contributed by atoms with E-state index in [-0.39, 0.29) is 42.2 Å². The van der Waals surface area contributed by atoms with Gasteiger partial charge < -0.3 is 26.4 Å². The molecule has 6 rings (SSSR count). The average Bonchev–Trinajstić information content (AvgIpc) is 3.96. The van der Waals surface area contributed by atoms with Crippen LogP contribution in [0.15, 0.2) is 35.4 Å². The van der Waals surface area contributed by atoms with Gasteiger partial charge in [-0.15, -0.1) is 5.10 Å². The predicted molar refractivity (Wildman–Crippen MR) is 216 cm³/mol. The van der Waals surface area contributed by atoms with Crippen LogP contribution in [0.5, 0.6) is 0 Å². The summed E-state index contributed by atoms with van der Waals surface area (Å²) in [6, 6.07) is 3.95. The Kier molecular flexibility index (Phi) is 12.9. The zero-order valence-corrected chi connectivity index (χ0v) is 35.5. The Morgan fingerprint density at radius 2 is 1.68 bits per heavy atom. The number of alkyl halides is 1. The number of amides is 4. The number of sulfonamides is 1. The highest BCUT2D eigenvalue weighted by Crippen LogP contribution is 2.44. The van der Waals surface area contributed by atoms with Crippen molar-refractivity contribution < 1.29 is 37.5 Å². The van der Waals surface area contributed by atoms with Crippen LogP contribution in [-0.4, -0.2) is 113 Å². The summed E-state index contributed by atoms with van der Waals surface area (Å²) in [5, 5.41) is 25.0. The lowest BCUT2D eigenvalue weighted by atomic mass is 9.84. The SMILES string of the molecule is CC(C)(O)c1cnnn1[C@@H]1CN(C(=O)C(CC2CCCCC2)NC(=O)c2ccc(S(=O)(=O)N3CCCC3)cc2)[C@@](I)(C(=O)NC2(C(=O)C(N)=O)CCSCC2)C1. The normalized spacial score (nSPS) is 24.1. The number of hydrogen-bond acceptors (Lipinski definition) is 11. The number of likely N-dealkylation sites (tertiary alicyclic amines) is 1. The number of benzene rings is 1. The zero-order valence-electron chi connectivity index (χ0n) is 31.7. The maximum absolute atomic E-state index is 15.1. The number of primary amides is 1. The van der Waals surface area contributed by atoms with Gasteiger partial charge in [0.25, 0.3) is 17.7 Å². The Bertz CT molecular complexity index is 1920. The molecule has 56 heavy (non-hydrogen) atoms. The van der Waals surface area contributed by atoms with Gasteiger partial charge in [-0.05, 0) is 110 Å². The summed E-state index contributed by atoms with van der Waals surface area (Å²) in [6.45, 7) is 4.00. The number of aliphatic hydroxyl groups is 1. The molecule has 4 fully saturated rings. The minimum Gasteiger partial charge on any atom is -0.384 e. The van der Waals surface area contributed by atoms with E-state index in [1.807, 2.05) is 22.6 Å². The van der Waals surface area contributed by atoms with Crippen LogP contribution in [0.4, 0.5) is 0 Å². The molecule has 306 valence electrons. The molecule has 1 aromatic carbocycles. The lowest BCUT2D eigenvalue weighted by Gasteiger charge is -2.40. The van der Waals surface area contributed by atoms with Crippen molar-refractivity contribution in [2.24, 2.45) is 11.7 Å². The van der Waals surface area contributed by atoms with Crippen molar-refractivity contribution in [1.82, 2.24) is 34.8 Å². The smallest absolute Gasteiger partial charge is 0.287 e. The number of nitrogens with zero attached hydrogens (tertiary/aromatic N) is 5. The fourth-order valence-electron chi connectivity index (χ4n) is 8.38. The Labute approximate surface area is 345 Å². The summed E-state index contributed by atoms with van der Waals surface area (Å²) in [5.41, 5.74) is 3.11. The molecule has 16 nitrogen and oxygen atoms in total. The molecule has 1 saturated carbocycles. The van der Waals surface area contributed by atoms with Crippen molar-refractivity contribution in [2.75, 3.05) is 31.1 Å². The van der Waals surface area contributed by atoms with Crippen LogP contribution in [0.2, 0.25) is 0 Å². The number of halogens is 1. The van der Waals surface area contributed by atoms with Gasteiger partial charge in [-0.2, -0.15) is 16.1 Å². The van der Waals surface area contributed by atoms with Gasteiger partial charge in [0, 0.05) is 31.6 Å². The summed E-state index contributed by atoms with van der Waals surface area (Å²) in [5.74, 6) is -2.69. The maximum atomic E-state index is 15.1. The molecule has 4 amide bonds. The fraction of sp³-hybridized carbons (Fsp3) is 0.649. The molecule has 3 saturated heterocycles. The standard InChI is InChI=1S/C37H51IN8O8S2/c1-35(2,52)29-22-40-43-46(29)26-21-37(38,34(51)42-36(30(47)31(39)48)14-18-55-19-15-36)45(23-26)33(50)28(20-24-8-4-3-5-9-24)41-32(49)25-10-12-27(13-11-25)56(53,54)44-16-6-7-17-44/h10-13,22,24,26,28,52H,3-9,14-21,23H2,1-2H3,(H2,39,48)(H,41,49)(H,42,51)/t26-,28?,37+/m0/s1. The number of carbonyl (C=O) groups excluding carboxylic acids is 5. The lowest BCUT2D eigenvalue weighted by molar-refractivity contribution is -0.145. The molecule has 1 unspecified atom stereocenters. The maximum Gasteiger partial charge on any atom is 0.287 e. The van der Waals surface area contributed by atoms with Crippen LogP contribution in [0.3, 0.4) is 0 Å². The minimum atomic E-state index is -3.70. The van der Waals surface area contributed by atoms with Crippen molar-refractivity contribution in [3.8, 4) is 0 Å². The van der Waals surface area contributed by atoms with Crippen molar-refractivity contribution in [3.05, 3.63) is 41.7 Å². The third-order valence-corrected chi connectivity index (χ3v) is 16.0. The summed E-state index contributed by atoms with van der Waals surface area (Å²) < 4.78 is 27.6. The van der Waals surface area contributed by atoms with E-state index in [4.69, 9.17) is 5.73 Å². The van der Waals surface area contributed by atoms with E-state index in [9.17, 15) is 32.7 Å². The summed E-state index contributed by atoms with van der Waals surface area (Å²) in [7, 11) is -3.70. The van der Waals surface area contributed by atoms with Gasteiger partial charge in [0.05, 0.1) is 22.8 Å². The van der Waals surface area contributed by atoms with Crippen molar-refractivity contribution in [1.29, 1.82) is 0 Å². The van der Waals surface area contributed by atoms with E-state index in [0.29, 0.717) is 36.7 Å². The monoisotopic (exact) mass is 926 g/mol. The third kappa shape index (κ3) is 8.80. The summed E-state index contributed by atoms with van der Waals surface area (Å²) in [4.78, 5) is 70.7. The van der Waals surface area contributed by atoms with E-state index in [2.05, 4.69) is 20.9 Å². The number of rotatable bonds is 13. The molecule has 1 aromatic heterocycles. The number of hydrogen-bond donors (Lipinski definition) is 4. The molecule has 3 atom stereocenters. The van der Waals surface area contributed by atoms with Crippen LogP contribution in [0, 0.1) is 5.92 Å². The Hall–Kier alpha value is -3.14. The Morgan fingerprint density at radius 1 is 1.04 bits per heavy atom. The number of carbonyl (C=O) groups is 5.